The molecule has 0 saturated heterocycles. The van der Waals surface area contributed by atoms with E-state index in [1.54, 1.807) is 29.2 Å². The first-order chi connectivity index (χ1) is 13.3. The van der Waals surface area contributed by atoms with Crippen LogP contribution in [0.15, 0.2) is 91.4 Å². The molecule has 5 nitrogen and oxygen atoms in total. The SMILES string of the molecule is O=C(OCc1cn(-c2ccccc2)nc1-c1ccccc1)c1ccncc1. The van der Waals surface area contributed by atoms with E-state index < -0.39 is 0 Å². The van der Waals surface area contributed by atoms with Crippen LogP contribution in [0.2, 0.25) is 0 Å². The van der Waals surface area contributed by atoms with Gasteiger partial charge in [-0.1, -0.05) is 48.5 Å². The normalized spacial score (nSPS) is 10.5. The van der Waals surface area contributed by atoms with Crippen molar-refractivity contribution in [3.05, 3.63) is 103 Å². The Bertz CT molecular complexity index is 1030. The van der Waals surface area contributed by atoms with Gasteiger partial charge < -0.3 is 4.74 Å². The second-order valence-corrected chi connectivity index (χ2v) is 5.96. The van der Waals surface area contributed by atoms with Gasteiger partial charge >= 0.3 is 5.97 Å². The Labute approximate surface area is 156 Å². The summed E-state index contributed by atoms with van der Waals surface area (Å²) in [5, 5.41) is 4.72. The van der Waals surface area contributed by atoms with E-state index >= 15 is 0 Å². The average molecular weight is 355 g/mol. The van der Waals surface area contributed by atoms with Crippen LogP contribution in [0.5, 0.6) is 0 Å². The number of benzene rings is 2. The van der Waals surface area contributed by atoms with Crippen molar-refractivity contribution in [2.45, 2.75) is 6.61 Å². The van der Waals surface area contributed by atoms with E-state index in [9.17, 15) is 4.79 Å². The van der Waals surface area contributed by atoms with Gasteiger partial charge in [0.15, 0.2) is 0 Å². The van der Waals surface area contributed by atoms with E-state index in [2.05, 4.69) is 4.98 Å². The molecule has 0 atom stereocenters. The van der Waals surface area contributed by atoms with Crippen LogP contribution >= 0.6 is 0 Å². The second kappa shape index (κ2) is 7.66. The van der Waals surface area contributed by atoms with Crippen LogP contribution in [-0.2, 0) is 11.3 Å². The number of aromatic nitrogens is 3. The van der Waals surface area contributed by atoms with Crippen molar-refractivity contribution >= 4 is 5.97 Å². The number of hydrogen-bond donors (Lipinski definition) is 0. The van der Waals surface area contributed by atoms with Gasteiger partial charge in [-0.05, 0) is 24.3 Å². The molecule has 4 rings (SSSR count). The van der Waals surface area contributed by atoms with Gasteiger partial charge in [0.25, 0.3) is 0 Å². The molecule has 2 heterocycles. The maximum Gasteiger partial charge on any atom is 0.338 e. The van der Waals surface area contributed by atoms with Crippen molar-refractivity contribution in [2.24, 2.45) is 0 Å². The van der Waals surface area contributed by atoms with Gasteiger partial charge in [0.2, 0.25) is 0 Å². The molecule has 2 aromatic heterocycles. The van der Waals surface area contributed by atoms with Crippen LogP contribution in [-0.4, -0.2) is 20.7 Å². The van der Waals surface area contributed by atoms with Crippen LogP contribution in [0.25, 0.3) is 16.9 Å². The molecule has 0 N–H and O–H groups in total. The van der Waals surface area contributed by atoms with Gasteiger partial charge in [-0.15, -0.1) is 0 Å². The number of rotatable bonds is 5. The lowest BCUT2D eigenvalue weighted by molar-refractivity contribution is 0.0473. The summed E-state index contributed by atoms with van der Waals surface area (Å²) in [6, 6.07) is 23.0. The molecule has 27 heavy (non-hydrogen) atoms. The topological polar surface area (TPSA) is 57.0 Å². The maximum absolute atomic E-state index is 12.3. The Balaban J connectivity index is 1.64. The number of ether oxygens (including phenoxy) is 1. The van der Waals surface area contributed by atoms with Crippen molar-refractivity contribution in [2.75, 3.05) is 0 Å². The molecule has 0 aliphatic rings. The van der Waals surface area contributed by atoms with Crippen LogP contribution in [0.3, 0.4) is 0 Å². The molecular weight excluding hydrogens is 338 g/mol. The minimum Gasteiger partial charge on any atom is -0.457 e. The summed E-state index contributed by atoms with van der Waals surface area (Å²) in [6.07, 6.45) is 5.04. The van der Waals surface area contributed by atoms with Gasteiger partial charge in [0.1, 0.15) is 6.61 Å². The fourth-order valence-corrected chi connectivity index (χ4v) is 2.78. The number of hydrogen-bond acceptors (Lipinski definition) is 4. The number of esters is 1. The third-order valence-electron chi connectivity index (χ3n) is 4.13. The first-order valence-electron chi connectivity index (χ1n) is 8.58. The minimum atomic E-state index is -0.385. The van der Waals surface area contributed by atoms with Gasteiger partial charge in [-0.2, -0.15) is 5.10 Å². The first-order valence-corrected chi connectivity index (χ1v) is 8.58. The molecule has 5 heteroatoms. The van der Waals surface area contributed by atoms with Crippen LogP contribution in [0.1, 0.15) is 15.9 Å². The molecule has 0 aliphatic heterocycles. The quantitative estimate of drug-likeness (QED) is 0.501. The largest absolute Gasteiger partial charge is 0.457 e. The number of pyridine rings is 1. The van der Waals surface area contributed by atoms with Crippen molar-refractivity contribution in [1.29, 1.82) is 0 Å². The van der Waals surface area contributed by atoms with Crippen molar-refractivity contribution in [1.82, 2.24) is 14.8 Å². The Hall–Kier alpha value is -3.73. The Morgan fingerprint density at radius 1 is 0.889 bits per heavy atom. The minimum absolute atomic E-state index is 0.137. The lowest BCUT2D eigenvalue weighted by atomic mass is 10.1. The van der Waals surface area contributed by atoms with Crippen LogP contribution in [0, 0.1) is 0 Å². The third kappa shape index (κ3) is 3.77. The smallest absolute Gasteiger partial charge is 0.338 e. The zero-order chi connectivity index (χ0) is 18.5. The zero-order valence-corrected chi connectivity index (χ0v) is 14.5. The summed E-state index contributed by atoms with van der Waals surface area (Å²) < 4.78 is 7.31. The molecule has 0 amide bonds. The van der Waals surface area contributed by atoms with Gasteiger partial charge in [-0.25, -0.2) is 9.48 Å². The predicted molar refractivity (Wildman–Crippen MR) is 102 cm³/mol. The highest BCUT2D eigenvalue weighted by Crippen LogP contribution is 2.24. The van der Waals surface area contributed by atoms with E-state index in [1.165, 1.54) is 0 Å². The van der Waals surface area contributed by atoms with Crippen molar-refractivity contribution < 1.29 is 9.53 Å². The fourth-order valence-electron chi connectivity index (χ4n) is 2.78. The number of para-hydroxylation sites is 1. The molecule has 0 saturated carbocycles. The third-order valence-corrected chi connectivity index (χ3v) is 4.13. The molecular formula is C22H17N3O2. The summed E-state index contributed by atoms with van der Waals surface area (Å²) in [6.45, 7) is 0.137. The lowest BCUT2D eigenvalue weighted by Crippen LogP contribution is -2.05. The average Bonchev–Trinajstić information content (AvgIpc) is 3.18. The molecule has 132 valence electrons. The molecule has 0 aliphatic carbocycles. The molecule has 4 aromatic rings. The summed E-state index contributed by atoms with van der Waals surface area (Å²) >= 11 is 0. The molecule has 0 fully saturated rings. The Kier molecular flexibility index (Phi) is 4.74. The highest BCUT2D eigenvalue weighted by atomic mass is 16.5. The molecule has 0 unspecified atom stereocenters. The fraction of sp³-hybridized carbons (Fsp3) is 0.0455. The molecule has 0 spiro atoms. The second-order valence-electron chi connectivity index (χ2n) is 5.96. The van der Waals surface area contributed by atoms with Crippen molar-refractivity contribution in [3.63, 3.8) is 0 Å². The number of carbonyl (C=O) groups is 1. The Morgan fingerprint density at radius 2 is 1.56 bits per heavy atom. The summed E-state index contributed by atoms with van der Waals surface area (Å²) in [5.74, 6) is -0.385. The van der Waals surface area contributed by atoms with Crippen LogP contribution in [0.4, 0.5) is 0 Å². The predicted octanol–water partition coefficient (Wildman–Crippen LogP) is 4.29. The van der Waals surface area contributed by atoms with Gasteiger partial charge in [0, 0.05) is 29.7 Å². The standard InChI is InChI=1S/C22H17N3O2/c26-22(18-11-13-23-14-12-18)27-16-19-15-25(20-9-5-2-6-10-20)24-21(19)17-7-3-1-4-8-17/h1-15H,16H2. The monoisotopic (exact) mass is 355 g/mol. The summed E-state index contributed by atoms with van der Waals surface area (Å²) in [4.78, 5) is 16.2. The Morgan fingerprint density at radius 3 is 2.26 bits per heavy atom. The maximum atomic E-state index is 12.3. The van der Waals surface area contributed by atoms with Crippen LogP contribution < -0.4 is 0 Å². The lowest BCUT2D eigenvalue weighted by Gasteiger charge is -2.05. The highest BCUT2D eigenvalue weighted by Gasteiger charge is 2.15. The summed E-state index contributed by atoms with van der Waals surface area (Å²) in [7, 11) is 0. The van der Waals surface area contributed by atoms with E-state index in [0.717, 1.165) is 22.5 Å². The van der Waals surface area contributed by atoms with Gasteiger partial charge in [-0.3, -0.25) is 4.98 Å². The molecule has 2 aromatic carbocycles. The molecule has 0 radical (unpaired) electrons. The van der Waals surface area contributed by atoms with Gasteiger partial charge in [0.05, 0.1) is 16.9 Å². The van der Waals surface area contributed by atoms with E-state index in [1.807, 2.05) is 66.9 Å². The first kappa shape index (κ1) is 16.7. The van der Waals surface area contributed by atoms with E-state index in [-0.39, 0.29) is 12.6 Å². The summed E-state index contributed by atoms with van der Waals surface area (Å²) in [5.41, 5.74) is 4.03. The highest BCUT2D eigenvalue weighted by molar-refractivity contribution is 5.89. The van der Waals surface area contributed by atoms with E-state index in [4.69, 9.17) is 9.84 Å². The molecule has 0 bridgehead atoms. The van der Waals surface area contributed by atoms with E-state index in [0.29, 0.717) is 5.56 Å². The zero-order valence-electron chi connectivity index (χ0n) is 14.5. The van der Waals surface area contributed by atoms with Crippen molar-refractivity contribution in [3.8, 4) is 16.9 Å². The number of carbonyl (C=O) groups excluding carboxylic acids is 1. The number of nitrogens with zero attached hydrogens (tertiary/aromatic N) is 3.